The predicted molar refractivity (Wildman–Crippen MR) is 105 cm³/mol. The topological polar surface area (TPSA) is 54.3 Å². The molecule has 1 saturated carbocycles. The molecule has 27 heavy (non-hydrogen) atoms. The van der Waals surface area contributed by atoms with Crippen LogP contribution in [0.4, 0.5) is 5.69 Å². The van der Waals surface area contributed by atoms with Crippen LogP contribution < -0.4 is 5.32 Å². The van der Waals surface area contributed by atoms with Crippen LogP contribution in [0.2, 0.25) is 0 Å². The van der Waals surface area contributed by atoms with E-state index in [9.17, 15) is 9.59 Å². The van der Waals surface area contributed by atoms with Crippen molar-refractivity contribution in [2.45, 2.75) is 44.9 Å². The second-order valence-corrected chi connectivity index (χ2v) is 8.20. The van der Waals surface area contributed by atoms with E-state index in [0.717, 1.165) is 29.8 Å². The van der Waals surface area contributed by atoms with Crippen molar-refractivity contribution in [1.29, 1.82) is 0 Å². The molecule has 5 rings (SSSR count). The molecule has 1 N–H and O–H groups in total. The molecule has 1 fully saturated rings. The Morgan fingerprint density at radius 2 is 1.96 bits per heavy atom. The number of aryl methyl sites for hydroxylation is 1. The monoisotopic (exact) mass is 363 g/mol. The number of aromatic nitrogens is 1. The highest BCUT2D eigenvalue weighted by atomic mass is 16.2. The first-order valence-corrected chi connectivity index (χ1v) is 9.96. The van der Waals surface area contributed by atoms with Gasteiger partial charge in [-0.05, 0) is 36.5 Å². The number of benzene rings is 1. The van der Waals surface area contributed by atoms with Crippen molar-refractivity contribution in [3.8, 4) is 0 Å². The number of hydrogen-bond acceptors (Lipinski definition) is 3. The molecule has 0 radical (unpaired) electrons. The molecule has 0 spiro atoms. The normalized spacial score (nSPS) is 22.8. The number of carbonyl (C=O) groups is 2. The van der Waals surface area contributed by atoms with Crippen molar-refractivity contribution in [3.05, 3.63) is 41.2 Å². The molecular weight excluding hydrogens is 338 g/mol. The standard InChI is InChI=1S/C22H25N3O2/c1-13(26)25-12-17-21(22(25)27)19(14-7-4-3-5-8-14)15-11-24(2)18-10-6-9-16(23-17)20(15)18/h6,9-11,14,19,23H,3-5,7-8,12H2,1-2H3/t19-/m1/s1. The quantitative estimate of drug-likeness (QED) is 0.836. The molecule has 1 aromatic carbocycles. The van der Waals surface area contributed by atoms with Gasteiger partial charge in [0.15, 0.2) is 0 Å². The Morgan fingerprint density at radius 3 is 2.70 bits per heavy atom. The maximum absolute atomic E-state index is 13.3. The summed E-state index contributed by atoms with van der Waals surface area (Å²) in [5.74, 6) is 0.240. The average molecular weight is 363 g/mol. The first-order valence-electron chi connectivity index (χ1n) is 9.96. The minimum atomic E-state index is -0.177. The smallest absolute Gasteiger partial charge is 0.259 e. The van der Waals surface area contributed by atoms with E-state index in [4.69, 9.17) is 0 Å². The van der Waals surface area contributed by atoms with Crippen molar-refractivity contribution in [1.82, 2.24) is 9.47 Å². The van der Waals surface area contributed by atoms with E-state index >= 15 is 0 Å². The van der Waals surface area contributed by atoms with E-state index in [0.29, 0.717) is 12.5 Å². The van der Waals surface area contributed by atoms with E-state index in [2.05, 4.69) is 41.3 Å². The summed E-state index contributed by atoms with van der Waals surface area (Å²) in [6.45, 7) is 1.84. The zero-order valence-electron chi connectivity index (χ0n) is 15.9. The highest BCUT2D eigenvalue weighted by molar-refractivity contribution is 6.10. The number of nitrogens with zero attached hydrogens (tertiary/aromatic N) is 2. The lowest BCUT2D eigenvalue weighted by Gasteiger charge is -2.30. The summed E-state index contributed by atoms with van der Waals surface area (Å²) in [5.41, 5.74) is 5.21. The van der Waals surface area contributed by atoms with E-state index in [1.165, 1.54) is 47.6 Å². The van der Waals surface area contributed by atoms with Crippen LogP contribution in [0, 0.1) is 5.92 Å². The van der Waals surface area contributed by atoms with Gasteiger partial charge in [-0.2, -0.15) is 0 Å². The molecule has 0 unspecified atom stereocenters. The zero-order valence-corrected chi connectivity index (χ0v) is 15.9. The maximum atomic E-state index is 13.3. The summed E-state index contributed by atoms with van der Waals surface area (Å²) >= 11 is 0. The minimum absolute atomic E-state index is 0.0667. The average Bonchev–Trinajstić information content (AvgIpc) is 3.11. The fourth-order valence-electron chi connectivity index (χ4n) is 5.37. The van der Waals surface area contributed by atoms with Crippen molar-refractivity contribution >= 4 is 28.4 Å². The van der Waals surface area contributed by atoms with Gasteiger partial charge in [-0.15, -0.1) is 0 Å². The van der Waals surface area contributed by atoms with Crippen LogP contribution in [-0.4, -0.2) is 27.8 Å². The highest BCUT2D eigenvalue weighted by Crippen LogP contribution is 2.49. The summed E-state index contributed by atoms with van der Waals surface area (Å²) < 4.78 is 2.17. The molecule has 1 atom stereocenters. The molecule has 1 aliphatic carbocycles. The van der Waals surface area contributed by atoms with E-state index in [1.807, 2.05) is 0 Å². The minimum Gasteiger partial charge on any atom is -0.356 e. The zero-order chi connectivity index (χ0) is 18.7. The number of anilines is 1. The lowest BCUT2D eigenvalue weighted by molar-refractivity contribution is -0.139. The van der Waals surface area contributed by atoms with Gasteiger partial charge in [0.05, 0.1) is 12.1 Å². The number of amides is 2. The van der Waals surface area contributed by atoms with Gasteiger partial charge in [-0.1, -0.05) is 25.3 Å². The van der Waals surface area contributed by atoms with Crippen LogP contribution >= 0.6 is 0 Å². The maximum Gasteiger partial charge on any atom is 0.259 e. The molecule has 2 amide bonds. The van der Waals surface area contributed by atoms with E-state index in [1.54, 1.807) is 0 Å². The van der Waals surface area contributed by atoms with E-state index in [-0.39, 0.29) is 17.7 Å². The number of carbonyl (C=O) groups excluding carboxylic acids is 2. The molecule has 3 heterocycles. The van der Waals surface area contributed by atoms with Crippen LogP contribution in [0.15, 0.2) is 35.7 Å². The Hall–Kier alpha value is -2.56. The van der Waals surface area contributed by atoms with Gasteiger partial charge in [0.2, 0.25) is 5.91 Å². The Morgan fingerprint density at radius 1 is 1.19 bits per heavy atom. The molecule has 0 saturated heterocycles. The second-order valence-electron chi connectivity index (χ2n) is 8.20. The Labute approximate surface area is 159 Å². The number of rotatable bonds is 1. The van der Waals surface area contributed by atoms with Gasteiger partial charge in [-0.25, -0.2) is 0 Å². The summed E-state index contributed by atoms with van der Waals surface area (Å²) in [5, 5.41) is 4.76. The van der Waals surface area contributed by atoms with Gasteiger partial charge < -0.3 is 9.88 Å². The summed E-state index contributed by atoms with van der Waals surface area (Å²) in [4.78, 5) is 26.7. The van der Waals surface area contributed by atoms with Crippen molar-refractivity contribution in [2.24, 2.45) is 13.0 Å². The van der Waals surface area contributed by atoms with Crippen LogP contribution in [0.5, 0.6) is 0 Å². The SMILES string of the molecule is CC(=O)N1CC2=C(C1=O)[C@H](C1CCCCC1)c1cn(C)c3cccc(c13)N2. The van der Waals surface area contributed by atoms with Crippen LogP contribution in [-0.2, 0) is 16.6 Å². The molecule has 3 aliphatic rings. The van der Waals surface area contributed by atoms with Gasteiger partial charge in [-0.3, -0.25) is 14.5 Å². The lowest BCUT2D eigenvalue weighted by atomic mass is 9.73. The van der Waals surface area contributed by atoms with Crippen LogP contribution in [0.25, 0.3) is 10.9 Å². The number of nitrogens with one attached hydrogen (secondary N) is 1. The molecule has 1 aromatic heterocycles. The largest absolute Gasteiger partial charge is 0.356 e. The Balaban J connectivity index is 1.74. The van der Waals surface area contributed by atoms with Crippen molar-refractivity contribution in [3.63, 3.8) is 0 Å². The van der Waals surface area contributed by atoms with Gasteiger partial charge >= 0.3 is 0 Å². The first-order chi connectivity index (χ1) is 13.1. The van der Waals surface area contributed by atoms with Crippen LogP contribution in [0.1, 0.15) is 50.5 Å². The third-order valence-corrected chi connectivity index (χ3v) is 6.59. The van der Waals surface area contributed by atoms with Gasteiger partial charge in [0, 0.05) is 48.4 Å². The number of imide groups is 1. The Bertz CT molecular complexity index is 994. The fraction of sp³-hybridized carbons (Fsp3) is 0.455. The summed E-state index contributed by atoms with van der Waals surface area (Å²) in [6.07, 6.45) is 8.22. The van der Waals surface area contributed by atoms with Crippen LogP contribution in [0.3, 0.4) is 0 Å². The number of hydrogen-bond donors (Lipinski definition) is 1. The second kappa shape index (κ2) is 5.98. The third kappa shape index (κ3) is 2.37. The molecule has 2 aromatic rings. The molecule has 5 heteroatoms. The molecule has 140 valence electrons. The van der Waals surface area contributed by atoms with E-state index < -0.39 is 0 Å². The van der Waals surface area contributed by atoms with Crippen molar-refractivity contribution < 1.29 is 9.59 Å². The molecule has 5 nitrogen and oxygen atoms in total. The third-order valence-electron chi connectivity index (χ3n) is 6.59. The molecule has 2 aliphatic heterocycles. The fourth-order valence-corrected chi connectivity index (χ4v) is 5.37. The van der Waals surface area contributed by atoms with Gasteiger partial charge in [0.1, 0.15) is 0 Å². The first kappa shape index (κ1) is 16.6. The molecular formula is C22H25N3O2. The highest BCUT2D eigenvalue weighted by Gasteiger charge is 2.43. The summed E-state index contributed by atoms with van der Waals surface area (Å²) in [7, 11) is 2.07. The Kier molecular flexibility index (Phi) is 3.67. The lowest BCUT2D eigenvalue weighted by Crippen LogP contribution is -2.34. The van der Waals surface area contributed by atoms with Crippen molar-refractivity contribution in [2.75, 3.05) is 11.9 Å². The molecule has 0 bridgehead atoms. The van der Waals surface area contributed by atoms with Gasteiger partial charge in [0.25, 0.3) is 5.91 Å². The predicted octanol–water partition coefficient (Wildman–Crippen LogP) is 3.91. The summed E-state index contributed by atoms with van der Waals surface area (Å²) in [6, 6.07) is 6.28.